The second-order valence-electron chi connectivity index (χ2n) is 3.15. The molecule has 1 aromatic carbocycles. The fourth-order valence-corrected chi connectivity index (χ4v) is 1.12. The van der Waals surface area contributed by atoms with E-state index in [9.17, 15) is 4.79 Å². The van der Waals surface area contributed by atoms with Crippen LogP contribution < -0.4 is 10.1 Å². The number of nitrogens with zero attached hydrogens (tertiary/aromatic N) is 1. The molecule has 4 nitrogen and oxygen atoms in total. The lowest BCUT2D eigenvalue weighted by atomic mass is 10.1. The number of nitriles is 1. The van der Waals surface area contributed by atoms with E-state index in [0.29, 0.717) is 5.75 Å². The maximum Gasteiger partial charge on any atom is 0.270 e. The summed E-state index contributed by atoms with van der Waals surface area (Å²) in [7, 11) is 0. The number of ether oxygens (including phenoxy) is 1. The van der Waals surface area contributed by atoms with Crippen molar-refractivity contribution in [1.82, 2.24) is 5.32 Å². The molecule has 0 aromatic heterocycles. The summed E-state index contributed by atoms with van der Waals surface area (Å²) in [6, 6.07) is 5.62. The summed E-state index contributed by atoms with van der Waals surface area (Å²) in [5, 5.41) is 10.2. The first-order valence-electron chi connectivity index (χ1n) is 4.52. The highest BCUT2D eigenvalue weighted by Crippen LogP contribution is 2.20. The highest BCUT2D eigenvalue weighted by molar-refractivity contribution is 5.78. The lowest BCUT2D eigenvalue weighted by molar-refractivity contribution is -0.121. The van der Waals surface area contributed by atoms with Crippen LogP contribution in [0.3, 0.4) is 0 Å². The van der Waals surface area contributed by atoms with E-state index in [0.717, 1.165) is 11.1 Å². The van der Waals surface area contributed by atoms with Crippen LogP contribution in [0.15, 0.2) is 18.2 Å². The molecule has 0 unspecified atom stereocenters. The number of benzene rings is 1. The van der Waals surface area contributed by atoms with Gasteiger partial charge in [0, 0.05) is 0 Å². The fraction of sp³-hybridized carbons (Fsp3) is 0.273. The summed E-state index contributed by atoms with van der Waals surface area (Å²) >= 11 is 0. The van der Waals surface area contributed by atoms with Gasteiger partial charge in [0.1, 0.15) is 5.75 Å². The van der Waals surface area contributed by atoms with E-state index >= 15 is 0 Å². The minimum atomic E-state index is -0.446. The summed E-state index contributed by atoms with van der Waals surface area (Å²) in [5.74, 6) is 0.224. The van der Waals surface area contributed by atoms with Crippen LogP contribution in [-0.2, 0) is 4.79 Å². The summed E-state index contributed by atoms with van der Waals surface area (Å²) < 4.78 is 5.27. The zero-order valence-corrected chi connectivity index (χ0v) is 8.70. The molecule has 1 rings (SSSR count). The van der Waals surface area contributed by atoms with Gasteiger partial charge in [0.15, 0.2) is 12.8 Å². The summed E-state index contributed by atoms with van der Waals surface area (Å²) in [4.78, 5) is 11.0. The van der Waals surface area contributed by atoms with Gasteiger partial charge in [-0.05, 0) is 31.0 Å². The largest absolute Gasteiger partial charge is 0.483 e. The van der Waals surface area contributed by atoms with Crippen LogP contribution in [0.1, 0.15) is 11.1 Å². The normalized spacial score (nSPS) is 9.13. The third-order valence-electron chi connectivity index (χ3n) is 2.11. The average molecular weight is 204 g/mol. The maximum atomic E-state index is 11.0. The molecule has 0 aliphatic heterocycles. The van der Waals surface area contributed by atoms with Gasteiger partial charge in [-0.1, -0.05) is 12.1 Å². The van der Waals surface area contributed by atoms with E-state index in [1.807, 2.05) is 31.3 Å². The van der Waals surface area contributed by atoms with Crippen molar-refractivity contribution in [3.63, 3.8) is 0 Å². The van der Waals surface area contributed by atoms with E-state index < -0.39 is 5.91 Å². The minimum absolute atomic E-state index is 0.141. The lowest BCUT2D eigenvalue weighted by Crippen LogP contribution is -2.24. The van der Waals surface area contributed by atoms with Crippen molar-refractivity contribution < 1.29 is 9.53 Å². The Hall–Kier alpha value is -2.02. The Bertz CT molecular complexity index is 408. The highest BCUT2D eigenvalue weighted by Gasteiger charge is 2.04. The molecule has 0 heterocycles. The van der Waals surface area contributed by atoms with Crippen LogP contribution in [0.4, 0.5) is 0 Å². The Kier molecular flexibility index (Phi) is 3.69. The molecule has 1 N–H and O–H groups in total. The van der Waals surface area contributed by atoms with Crippen molar-refractivity contribution in [2.24, 2.45) is 0 Å². The number of hydrogen-bond acceptors (Lipinski definition) is 3. The minimum Gasteiger partial charge on any atom is -0.483 e. The van der Waals surface area contributed by atoms with Crippen molar-refractivity contribution in [3.8, 4) is 11.9 Å². The third-order valence-corrected chi connectivity index (χ3v) is 2.11. The molecule has 0 saturated carbocycles. The van der Waals surface area contributed by atoms with Crippen LogP contribution in [0.2, 0.25) is 0 Å². The standard InChI is InChI=1S/C11H12N2O2/c1-8-4-3-5-10(9(8)2)15-6-11(14)13-7-12/h3-5H,6H2,1-2H3,(H,13,14). The van der Waals surface area contributed by atoms with E-state index in [1.54, 1.807) is 12.3 Å². The Morgan fingerprint density at radius 1 is 1.53 bits per heavy atom. The van der Waals surface area contributed by atoms with Crippen molar-refractivity contribution in [3.05, 3.63) is 29.3 Å². The van der Waals surface area contributed by atoms with Crippen LogP contribution in [-0.4, -0.2) is 12.5 Å². The van der Waals surface area contributed by atoms with Crippen molar-refractivity contribution in [2.45, 2.75) is 13.8 Å². The molecule has 0 bridgehead atoms. The first kappa shape index (κ1) is 11.1. The molecule has 1 amide bonds. The van der Waals surface area contributed by atoms with Gasteiger partial charge >= 0.3 is 0 Å². The predicted octanol–water partition coefficient (Wildman–Crippen LogP) is 1.28. The van der Waals surface area contributed by atoms with Crippen LogP contribution in [0.5, 0.6) is 5.75 Å². The second-order valence-corrected chi connectivity index (χ2v) is 3.15. The molecule has 0 aliphatic carbocycles. The molecule has 0 aliphatic rings. The topological polar surface area (TPSA) is 62.1 Å². The van der Waals surface area contributed by atoms with Crippen LogP contribution in [0, 0.1) is 25.3 Å². The molecule has 1 aromatic rings. The summed E-state index contributed by atoms with van der Waals surface area (Å²) in [6.45, 7) is 3.75. The van der Waals surface area contributed by atoms with Gasteiger partial charge in [-0.15, -0.1) is 0 Å². The molecule has 0 atom stereocenters. The van der Waals surface area contributed by atoms with Crippen LogP contribution >= 0.6 is 0 Å². The van der Waals surface area contributed by atoms with Crippen molar-refractivity contribution in [2.75, 3.05) is 6.61 Å². The molecule has 0 saturated heterocycles. The Morgan fingerprint density at radius 2 is 2.27 bits per heavy atom. The number of carbonyl (C=O) groups is 1. The summed E-state index contributed by atoms with van der Waals surface area (Å²) in [5.41, 5.74) is 2.11. The number of nitrogens with one attached hydrogen (secondary N) is 1. The molecule has 0 radical (unpaired) electrons. The molecule has 15 heavy (non-hydrogen) atoms. The second kappa shape index (κ2) is 5.01. The Balaban J connectivity index is 2.63. The number of rotatable bonds is 3. The summed E-state index contributed by atoms with van der Waals surface area (Å²) in [6.07, 6.45) is 1.55. The molecular formula is C11H12N2O2. The first-order chi connectivity index (χ1) is 7.15. The van der Waals surface area contributed by atoms with Gasteiger partial charge in [0.05, 0.1) is 0 Å². The monoisotopic (exact) mass is 204 g/mol. The lowest BCUT2D eigenvalue weighted by Gasteiger charge is -2.09. The zero-order valence-electron chi connectivity index (χ0n) is 8.70. The maximum absolute atomic E-state index is 11.0. The number of hydrogen-bond donors (Lipinski definition) is 1. The van der Waals surface area contributed by atoms with Crippen LogP contribution in [0.25, 0.3) is 0 Å². The van der Waals surface area contributed by atoms with Gasteiger partial charge in [0.2, 0.25) is 0 Å². The van der Waals surface area contributed by atoms with E-state index in [1.165, 1.54) is 0 Å². The van der Waals surface area contributed by atoms with Gasteiger partial charge in [-0.25, -0.2) is 0 Å². The molecule has 78 valence electrons. The fourth-order valence-electron chi connectivity index (χ4n) is 1.12. The number of amides is 1. The van der Waals surface area contributed by atoms with Gasteiger partial charge < -0.3 is 4.74 Å². The van der Waals surface area contributed by atoms with E-state index in [-0.39, 0.29) is 6.61 Å². The van der Waals surface area contributed by atoms with Gasteiger partial charge in [-0.3, -0.25) is 10.1 Å². The quantitative estimate of drug-likeness (QED) is 0.596. The SMILES string of the molecule is Cc1cccc(OCC(=O)NC#N)c1C. The average Bonchev–Trinajstić information content (AvgIpc) is 2.21. The smallest absolute Gasteiger partial charge is 0.270 e. The Morgan fingerprint density at radius 3 is 2.93 bits per heavy atom. The molecule has 0 spiro atoms. The highest BCUT2D eigenvalue weighted by atomic mass is 16.5. The van der Waals surface area contributed by atoms with Crippen molar-refractivity contribution >= 4 is 5.91 Å². The number of aryl methyl sites for hydroxylation is 1. The van der Waals surface area contributed by atoms with E-state index in [4.69, 9.17) is 10.00 Å². The number of carbonyl (C=O) groups excluding carboxylic acids is 1. The first-order valence-corrected chi connectivity index (χ1v) is 4.52. The zero-order chi connectivity index (χ0) is 11.3. The Labute approximate surface area is 88.5 Å². The van der Waals surface area contributed by atoms with Crippen molar-refractivity contribution in [1.29, 1.82) is 5.26 Å². The van der Waals surface area contributed by atoms with Gasteiger partial charge in [-0.2, -0.15) is 5.26 Å². The third kappa shape index (κ3) is 2.99. The predicted molar refractivity (Wildman–Crippen MR) is 55.2 cm³/mol. The molecular weight excluding hydrogens is 192 g/mol. The van der Waals surface area contributed by atoms with E-state index in [2.05, 4.69) is 0 Å². The van der Waals surface area contributed by atoms with Gasteiger partial charge in [0.25, 0.3) is 5.91 Å². The molecule has 0 fully saturated rings. The molecule has 4 heteroatoms.